The highest BCUT2D eigenvalue weighted by Crippen LogP contribution is 2.37. The van der Waals surface area contributed by atoms with Crippen molar-refractivity contribution < 1.29 is 9.31 Å². The molecule has 4 aromatic carbocycles. The maximum absolute atomic E-state index is 9.53. The summed E-state index contributed by atoms with van der Waals surface area (Å²) in [6.45, 7) is 8.28. The van der Waals surface area contributed by atoms with Crippen LogP contribution in [0.3, 0.4) is 0 Å². The highest BCUT2D eigenvalue weighted by Gasteiger charge is 2.51. The molecule has 5 heteroatoms. The third-order valence-electron chi connectivity index (χ3n) is 7.68. The number of para-hydroxylation sites is 1. The standard InChI is InChI=1S/C31H27BN2O2/c1-30(2)31(3,4)36-32(35-30)24-14-11-22(12-15-24)23-13-17-29-27(19-23)26-18-21(20-33)10-16-28(26)34(29)25-8-6-5-7-9-25/h5-19H,1-4H3. The molecule has 6 rings (SSSR count). The summed E-state index contributed by atoms with van der Waals surface area (Å²) < 4.78 is 14.7. The summed E-state index contributed by atoms with van der Waals surface area (Å²) in [6, 6.07) is 33.5. The fourth-order valence-electron chi connectivity index (χ4n) is 4.94. The smallest absolute Gasteiger partial charge is 0.399 e. The van der Waals surface area contributed by atoms with Gasteiger partial charge in [0.05, 0.1) is 33.9 Å². The average molecular weight is 470 g/mol. The SMILES string of the molecule is CC1(C)OB(c2ccc(-c3ccc4c(c3)c3cc(C#N)ccc3n4-c3ccccc3)cc2)OC1(C)C. The second kappa shape index (κ2) is 8.10. The van der Waals surface area contributed by atoms with Gasteiger partial charge in [0.15, 0.2) is 0 Å². The van der Waals surface area contributed by atoms with E-state index < -0.39 is 0 Å². The molecule has 0 amide bonds. The predicted molar refractivity (Wildman–Crippen MR) is 147 cm³/mol. The Hall–Kier alpha value is -3.85. The van der Waals surface area contributed by atoms with Gasteiger partial charge in [0.2, 0.25) is 0 Å². The molecule has 0 saturated carbocycles. The number of fused-ring (bicyclic) bond motifs is 3. The van der Waals surface area contributed by atoms with Crippen LogP contribution in [0, 0.1) is 11.3 Å². The van der Waals surface area contributed by atoms with Crippen molar-refractivity contribution in [3.8, 4) is 22.9 Å². The topological polar surface area (TPSA) is 47.2 Å². The van der Waals surface area contributed by atoms with E-state index in [9.17, 15) is 5.26 Å². The molecule has 0 aliphatic carbocycles. The highest BCUT2D eigenvalue weighted by atomic mass is 16.7. The molecule has 0 spiro atoms. The van der Waals surface area contributed by atoms with Gasteiger partial charge in [-0.2, -0.15) is 5.26 Å². The second-order valence-corrected chi connectivity index (χ2v) is 10.5. The lowest BCUT2D eigenvalue weighted by atomic mass is 9.78. The van der Waals surface area contributed by atoms with E-state index in [0.717, 1.165) is 44.1 Å². The number of hydrogen-bond donors (Lipinski definition) is 0. The Kier molecular flexibility index (Phi) is 5.08. The minimum atomic E-state index is -0.375. The number of nitrogens with zero attached hydrogens (tertiary/aromatic N) is 2. The first-order valence-corrected chi connectivity index (χ1v) is 12.3. The van der Waals surface area contributed by atoms with Gasteiger partial charge in [-0.1, -0.05) is 48.5 Å². The fraction of sp³-hybridized carbons (Fsp3) is 0.194. The molecule has 0 atom stereocenters. The van der Waals surface area contributed by atoms with Crippen molar-refractivity contribution >= 4 is 34.4 Å². The van der Waals surface area contributed by atoms with Gasteiger partial charge in [-0.15, -0.1) is 0 Å². The monoisotopic (exact) mass is 470 g/mol. The Bertz CT molecular complexity index is 1630. The molecule has 176 valence electrons. The summed E-state index contributed by atoms with van der Waals surface area (Å²) in [5.41, 5.74) is 6.48. The van der Waals surface area contributed by atoms with E-state index in [-0.39, 0.29) is 18.3 Å². The first-order chi connectivity index (χ1) is 17.3. The molecule has 1 aromatic heterocycles. The Morgan fingerprint density at radius 1 is 0.694 bits per heavy atom. The largest absolute Gasteiger partial charge is 0.494 e. The molecule has 5 aromatic rings. The molecule has 1 aliphatic rings. The molecular weight excluding hydrogens is 443 g/mol. The number of benzene rings is 4. The minimum absolute atomic E-state index is 0.364. The van der Waals surface area contributed by atoms with Gasteiger partial charge in [-0.05, 0) is 86.7 Å². The van der Waals surface area contributed by atoms with Crippen molar-refractivity contribution in [1.82, 2.24) is 4.57 Å². The summed E-state index contributed by atoms with van der Waals surface area (Å²) in [5.74, 6) is 0. The zero-order valence-electron chi connectivity index (χ0n) is 20.9. The molecule has 0 bridgehead atoms. The second-order valence-electron chi connectivity index (χ2n) is 10.5. The van der Waals surface area contributed by atoms with E-state index in [1.165, 1.54) is 0 Å². The zero-order valence-corrected chi connectivity index (χ0v) is 20.9. The van der Waals surface area contributed by atoms with E-state index in [1.54, 1.807) is 0 Å². The molecule has 0 unspecified atom stereocenters. The van der Waals surface area contributed by atoms with Crippen molar-refractivity contribution in [3.05, 3.63) is 96.6 Å². The van der Waals surface area contributed by atoms with Gasteiger partial charge in [0, 0.05) is 16.5 Å². The summed E-state index contributed by atoms with van der Waals surface area (Å²) >= 11 is 0. The normalized spacial score (nSPS) is 16.5. The third-order valence-corrected chi connectivity index (χ3v) is 7.68. The van der Waals surface area contributed by atoms with Crippen LogP contribution in [0.5, 0.6) is 0 Å². The Balaban J connectivity index is 1.44. The summed E-state index contributed by atoms with van der Waals surface area (Å²) in [4.78, 5) is 0. The van der Waals surface area contributed by atoms with Crippen LogP contribution in [-0.4, -0.2) is 22.9 Å². The van der Waals surface area contributed by atoms with Crippen LogP contribution in [0.25, 0.3) is 38.6 Å². The van der Waals surface area contributed by atoms with Gasteiger partial charge in [0.1, 0.15) is 0 Å². The van der Waals surface area contributed by atoms with Gasteiger partial charge >= 0.3 is 7.12 Å². The molecule has 0 radical (unpaired) electrons. The maximum Gasteiger partial charge on any atom is 0.494 e. The van der Waals surface area contributed by atoms with Crippen molar-refractivity contribution in [2.75, 3.05) is 0 Å². The van der Waals surface area contributed by atoms with Crippen LogP contribution in [0.15, 0.2) is 91.0 Å². The van der Waals surface area contributed by atoms with Crippen LogP contribution in [0.4, 0.5) is 0 Å². The minimum Gasteiger partial charge on any atom is -0.399 e. The number of nitriles is 1. The lowest BCUT2D eigenvalue weighted by molar-refractivity contribution is 0.00578. The highest BCUT2D eigenvalue weighted by molar-refractivity contribution is 6.62. The lowest BCUT2D eigenvalue weighted by Crippen LogP contribution is -2.41. The van der Waals surface area contributed by atoms with E-state index in [0.29, 0.717) is 5.56 Å². The van der Waals surface area contributed by atoms with Crippen LogP contribution >= 0.6 is 0 Å². The van der Waals surface area contributed by atoms with E-state index in [2.05, 4.69) is 92.9 Å². The molecule has 36 heavy (non-hydrogen) atoms. The van der Waals surface area contributed by atoms with Gasteiger partial charge in [-0.3, -0.25) is 0 Å². The molecule has 1 aliphatic heterocycles. The van der Waals surface area contributed by atoms with E-state index >= 15 is 0 Å². The fourth-order valence-corrected chi connectivity index (χ4v) is 4.94. The zero-order chi connectivity index (χ0) is 25.1. The number of aromatic nitrogens is 1. The molecule has 4 nitrogen and oxygen atoms in total. The quantitative estimate of drug-likeness (QED) is 0.279. The van der Waals surface area contributed by atoms with E-state index in [4.69, 9.17) is 9.31 Å². The third kappa shape index (κ3) is 3.53. The van der Waals surface area contributed by atoms with Crippen molar-refractivity contribution in [2.45, 2.75) is 38.9 Å². The number of rotatable bonds is 3. The van der Waals surface area contributed by atoms with Gasteiger partial charge in [-0.25, -0.2) is 0 Å². The Morgan fingerprint density at radius 2 is 1.28 bits per heavy atom. The molecular formula is C31H27BN2O2. The maximum atomic E-state index is 9.53. The summed E-state index contributed by atoms with van der Waals surface area (Å²) in [7, 11) is -0.375. The first-order valence-electron chi connectivity index (χ1n) is 12.3. The lowest BCUT2D eigenvalue weighted by Gasteiger charge is -2.32. The van der Waals surface area contributed by atoms with Crippen LogP contribution < -0.4 is 5.46 Å². The summed E-state index contributed by atoms with van der Waals surface area (Å²) in [6.07, 6.45) is 0. The molecule has 2 heterocycles. The van der Waals surface area contributed by atoms with Gasteiger partial charge in [0.25, 0.3) is 0 Å². The van der Waals surface area contributed by atoms with Crippen LogP contribution in [0.2, 0.25) is 0 Å². The van der Waals surface area contributed by atoms with Gasteiger partial charge < -0.3 is 13.9 Å². The Labute approximate surface area is 211 Å². The van der Waals surface area contributed by atoms with Crippen LogP contribution in [0.1, 0.15) is 33.3 Å². The predicted octanol–water partition coefficient (Wildman–Crippen LogP) is 6.62. The van der Waals surface area contributed by atoms with E-state index in [1.807, 2.05) is 36.4 Å². The van der Waals surface area contributed by atoms with Crippen molar-refractivity contribution in [2.24, 2.45) is 0 Å². The Morgan fingerprint density at radius 3 is 1.92 bits per heavy atom. The van der Waals surface area contributed by atoms with Crippen LogP contribution in [-0.2, 0) is 9.31 Å². The molecule has 1 fully saturated rings. The average Bonchev–Trinajstić information content (AvgIpc) is 3.32. The molecule has 0 N–H and O–H groups in total. The molecule has 1 saturated heterocycles. The summed E-state index contributed by atoms with van der Waals surface area (Å²) in [5, 5.41) is 11.7. The van der Waals surface area contributed by atoms with Crippen molar-refractivity contribution in [1.29, 1.82) is 5.26 Å². The number of hydrogen-bond acceptors (Lipinski definition) is 3. The first kappa shape index (κ1) is 22.6. The van der Waals surface area contributed by atoms with Crippen molar-refractivity contribution in [3.63, 3.8) is 0 Å².